The second kappa shape index (κ2) is 5.87. The van der Waals surface area contributed by atoms with Gasteiger partial charge in [0.25, 0.3) is 0 Å². The molecule has 0 heterocycles. The first-order valence-electron chi connectivity index (χ1n) is 5.18. The Bertz CT molecular complexity index is 110. The fraction of sp³-hybridized carbons (Fsp3) is 1.00. The molecule has 1 aliphatic carbocycles. The van der Waals surface area contributed by atoms with Crippen molar-refractivity contribution < 1.29 is 0 Å². The highest BCUT2D eigenvalue weighted by atomic mass is 32.2. The highest BCUT2D eigenvalue weighted by molar-refractivity contribution is 7.99. The van der Waals surface area contributed by atoms with Gasteiger partial charge in [0.15, 0.2) is 0 Å². The summed E-state index contributed by atoms with van der Waals surface area (Å²) in [5, 5.41) is 0. The Morgan fingerprint density at radius 2 is 2.00 bits per heavy atom. The van der Waals surface area contributed by atoms with Crippen LogP contribution < -0.4 is 5.73 Å². The first-order chi connectivity index (χ1) is 5.84. The predicted octanol–water partition coefficient (Wildman–Crippen LogP) is 2.65. The summed E-state index contributed by atoms with van der Waals surface area (Å²) in [4.78, 5) is 0. The quantitative estimate of drug-likeness (QED) is 0.732. The standard InChI is InChI=1S/C10H21NS/c1-2-12-8-10(11)9-6-4-3-5-7-9/h9-10H,2-8,11H2,1H3. The van der Waals surface area contributed by atoms with Gasteiger partial charge in [-0.25, -0.2) is 0 Å². The second-order valence-electron chi connectivity index (χ2n) is 3.72. The molecule has 1 unspecified atom stereocenters. The summed E-state index contributed by atoms with van der Waals surface area (Å²) in [5.41, 5.74) is 6.11. The Morgan fingerprint density at radius 1 is 1.33 bits per heavy atom. The van der Waals surface area contributed by atoms with E-state index in [9.17, 15) is 0 Å². The zero-order valence-electron chi connectivity index (χ0n) is 8.09. The van der Waals surface area contributed by atoms with Crippen molar-refractivity contribution in [3.8, 4) is 0 Å². The number of thioether (sulfide) groups is 1. The van der Waals surface area contributed by atoms with Crippen molar-refractivity contribution in [2.45, 2.75) is 45.1 Å². The molecule has 0 amide bonds. The van der Waals surface area contributed by atoms with Crippen LogP contribution in [0, 0.1) is 5.92 Å². The van der Waals surface area contributed by atoms with Crippen molar-refractivity contribution in [2.24, 2.45) is 11.7 Å². The summed E-state index contributed by atoms with van der Waals surface area (Å²) >= 11 is 1.98. The minimum absolute atomic E-state index is 0.468. The van der Waals surface area contributed by atoms with E-state index in [2.05, 4.69) is 6.92 Å². The van der Waals surface area contributed by atoms with E-state index in [0.717, 1.165) is 5.92 Å². The normalized spacial score (nSPS) is 22.5. The molecule has 1 saturated carbocycles. The Balaban J connectivity index is 2.15. The summed E-state index contributed by atoms with van der Waals surface area (Å²) in [7, 11) is 0. The van der Waals surface area contributed by atoms with Gasteiger partial charge < -0.3 is 5.73 Å². The van der Waals surface area contributed by atoms with Gasteiger partial charge in [-0.15, -0.1) is 0 Å². The van der Waals surface area contributed by atoms with Crippen LogP contribution in [-0.2, 0) is 0 Å². The molecular weight excluding hydrogens is 166 g/mol. The third kappa shape index (κ3) is 3.36. The molecule has 0 saturated heterocycles. The minimum Gasteiger partial charge on any atom is -0.327 e. The first-order valence-corrected chi connectivity index (χ1v) is 6.33. The van der Waals surface area contributed by atoms with Crippen LogP contribution in [0.3, 0.4) is 0 Å². The number of rotatable bonds is 4. The maximum Gasteiger partial charge on any atom is 0.0158 e. The first kappa shape index (κ1) is 10.4. The average Bonchev–Trinajstić information content (AvgIpc) is 2.15. The van der Waals surface area contributed by atoms with Gasteiger partial charge in [-0.1, -0.05) is 26.2 Å². The van der Waals surface area contributed by atoms with Gasteiger partial charge in [-0.2, -0.15) is 11.8 Å². The lowest BCUT2D eigenvalue weighted by Gasteiger charge is -2.27. The molecule has 2 heteroatoms. The van der Waals surface area contributed by atoms with E-state index >= 15 is 0 Å². The monoisotopic (exact) mass is 187 g/mol. The van der Waals surface area contributed by atoms with Gasteiger partial charge in [0.05, 0.1) is 0 Å². The molecule has 0 bridgehead atoms. The molecular formula is C10H21NS. The summed E-state index contributed by atoms with van der Waals surface area (Å²) in [6, 6.07) is 0.468. The van der Waals surface area contributed by atoms with Gasteiger partial charge in [-0.3, -0.25) is 0 Å². The average molecular weight is 187 g/mol. The van der Waals surface area contributed by atoms with E-state index in [4.69, 9.17) is 5.73 Å². The van der Waals surface area contributed by atoms with Crippen LogP contribution in [0.4, 0.5) is 0 Å². The van der Waals surface area contributed by atoms with Crippen molar-refractivity contribution in [1.82, 2.24) is 0 Å². The largest absolute Gasteiger partial charge is 0.327 e. The molecule has 0 radical (unpaired) electrons. The van der Waals surface area contributed by atoms with Crippen molar-refractivity contribution >= 4 is 11.8 Å². The molecule has 1 aliphatic rings. The second-order valence-corrected chi connectivity index (χ2v) is 5.04. The molecule has 0 aromatic carbocycles. The molecule has 1 rings (SSSR count). The van der Waals surface area contributed by atoms with Gasteiger partial charge in [-0.05, 0) is 24.5 Å². The van der Waals surface area contributed by atoms with Crippen LogP contribution in [0.1, 0.15) is 39.0 Å². The lowest BCUT2D eigenvalue weighted by Crippen LogP contribution is -2.33. The van der Waals surface area contributed by atoms with E-state index in [0.29, 0.717) is 6.04 Å². The predicted molar refractivity (Wildman–Crippen MR) is 57.5 cm³/mol. The summed E-state index contributed by atoms with van der Waals surface area (Å²) in [6.45, 7) is 2.21. The third-order valence-electron chi connectivity index (χ3n) is 2.77. The van der Waals surface area contributed by atoms with Crippen LogP contribution in [0.15, 0.2) is 0 Å². The highest BCUT2D eigenvalue weighted by Crippen LogP contribution is 2.26. The summed E-state index contributed by atoms with van der Waals surface area (Å²) in [5.74, 6) is 3.21. The van der Waals surface area contributed by atoms with Crippen LogP contribution in [0.5, 0.6) is 0 Å². The van der Waals surface area contributed by atoms with E-state index < -0.39 is 0 Å². The van der Waals surface area contributed by atoms with Gasteiger partial charge in [0.1, 0.15) is 0 Å². The van der Waals surface area contributed by atoms with E-state index in [1.54, 1.807) is 0 Å². The number of hydrogen-bond acceptors (Lipinski definition) is 2. The Morgan fingerprint density at radius 3 is 2.58 bits per heavy atom. The van der Waals surface area contributed by atoms with Crippen molar-refractivity contribution in [3.63, 3.8) is 0 Å². The molecule has 1 fully saturated rings. The molecule has 0 aromatic rings. The zero-order valence-corrected chi connectivity index (χ0v) is 8.91. The van der Waals surface area contributed by atoms with Crippen molar-refractivity contribution in [1.29, 1.82) is 0 Å². The van der Waals surface area contributed by atoms with Crippen molar-refractivity contribution in [2.75, 3.05) is 11.5 Å². The number of hydrogen-bond donors (Lipinski definition) is 1. The van der Waals surface area contributed by atoms with Gasteiger partial charge in [0.2, 0.25) is 0 Å². The highest BCUT2D eigenvalue weighted by Gasteiger charge is 2.19. The fourth-order valence-electron chi connectivity index (χ4n) is 1.95. The molecule has 0 spiro atoms. The van der Waals surface area contributed by atoms with E-state index in [1.807, 2.05) is 11.8 Å². The third-order valence-corrected chi connectivity index (χ3v) is 3.80. The van der Waals surface area contributed by atoms with Crippen LogP contribution in [0.25, 0.3) is 0 Å². The fourth-order valence-corrected chi connectivity index (χ4v) is 2.73. The molecule has 2 N–H and O–H groups in total. The molecule has 72 valence electrons. The smallest absolute Gasteiger partial charge is 0.0158 e. The number of nitrogens with two attached hydrogens (primary N) is 1. The molecule has 1 atom stereocenters. The van der Waals surface area contributed by atoms with Crippen molar-refractivity contribution in [3.05, 3.63) is 0 Å². The van der Waals surface area contributed by atoms with Crippen LogP contribution in [0.2, 0.25) is 0 Å². The lowest BCUT2D eigenvalue weighted by atomic mass is 9.85. The van der Waals surface area contributed by atoms with Gasteiger partial charge in [0, 0.05) is 11.8 Å². The molecule has 12 heavy (non-hydrogen) atoms. The Hall–Kier alpha value is 0.310. The Kier molecular flexibility index (Phi) is 5.08. The Labute approximate surface area is 80.5 Å². The summed E-state index contributed by atoms with van der Waals surface area (Å²) < 4.78 is 0. The zero-order chi connectivity index (χ0) is 8.81. The maximum absolute atomic E-state index is 6.11. The molecule has 0 aliphatic heterocycles. The van der Waals surface area contributed by atoms with Crippen LogP contribution >= 0.6 is 11.8 Å². The van der Waals surface area contributed by atoms with E-state index in [-0.39, 0.29) is 0 Å². The van der Waals surface area contributed by atoms with Gasteiger partial charge >= 0.3 is 0 Å². The van der Waals surface area contributed by atoms with E-state index in [1.165, 1.54) is 43.6 Å². The summed E-state index contributed by atoms with van der Waals surface area (Å²) in [6.07, 6.45) is 7.02. The SMILES string of the molecule is CCSCC(N)C1CCCCC1. The molecule has 0 aromatic heterocycles. The minimum atomic E-state index is 0.468. The van der Waals surface area contributed by atoms with Crippen LogP contribution in [-0.4, -0.2) is 17.5 Å². The topological polar surface area (TPSA) is 26.0 Å². The lowest BCUT2D eigenvalue weighted by molar-refractivity contribution is 0.319. The maximum atomic E-state index is 6.11. The molecule has 1 nitrogen and oxygen atoms in total.